The van der Waals surface area contributed by atoms with Crippen molar-refractivity contribution < 1.29 is 19.8 Å². The van der Waals surface area contributed by atoms with E-state index >= 15 is 0 Å². The third kappa shape index (κ3) is 9.15. The van der Waals surface area contributed by atoms with Gasteiger partial charge < -0.3 is 31.5 Å². The first kappa shape index (κ1) is 30.7. The van der Waals surface area contributed by atoms with E-state index < -0.39 is 42.3 Å². The molecule has 5 atom stereocenters. The molecule has 1 heterocycles. The fraction of sp³-hybridized carbons (Fsp3) is 0.387. The standard InChI is InChI=1S/C31H41N5O4/c1-21(2)27(35-31(40)36(3)20-24-16-10-11-17-33-24)30(39)34-26(19-23-14-8-5-9-15-23)29(38)28(37)25(32)18-22-12-6-4-7-13-22/h4-17,21,25-29,37-38H,18-20,32H2,1-3H3,(H,34,39)(H,35,40)/t25-,26-,27-,28+,29-/m0/s1. The lowest BCUT2D eigenvalue weighted by molar-refractivity contribution is -0.126. The number of hydrogen-bond donors (Lipinski definition) is 5. The molecular weight excluding hydrogens is 506 g/mol. The van der Waals surface area contributed by atoms with Gasteiger partial charge in [-0.2, -0.15) is 0 Å². The molecule has 0 saturated carbocycles. The first-order valence-electron chi connectivity index (χ1n) is 13.6. The predicted octanol–water partition coefficient (Wildman–Crippen LogP) is 2.27. The third-order valence-electron chi connectivity index (χ3n) is 6.84. The number of rotatable bonds is 13. The Morgan fingerprint density at radius 2 is 1.43 bits per heavy atom. The number of nitrogens with zero attached hydrogens (tertiary/aromatic N) is 2. The normalized spacial score (nSPS) is 15.0. The molecule has 1 aromatic heterocycles. The van der Waals surface area contributed by atoms with Crippen LogP contribution in [0.3, 0.4) is 0 Å². The third-order valence-corrected chi connectivity index (χ3v) is 6.84. The number of urea groups is 1. The number of aliphatic hydroxyl groups excluding tert-OH is 2. The van der Waals surface area contributed by atoms with Crippen molar-refractivity contribution in [1.29, 1.82) is 0 Å². The van der Waals surface area contributed by atoms with Gasteiger partial charge in [-0.3, -0.25) is 9.78 Å². The van der Waals surface area contributed by atoms with Gasteiger partial charge in [0.05, 0.1) is 24.4 Å². The van der Waals surface area contributed by atoms with Crippen molar-refractivity contribution in [2.75, 3.05) is 7.05 Å². The zero-order valence-corrected chi connectivity index (χ0v) is 23.4. The van der Waals surface area contributed by atoms with Crippen molar-refractivity contribution in [3.05, 3.63) is 102 Å². The Morgan fingerprint density at radius 1 is 0.850 bits per heavy atom. The summed E-state index contributed by atoms with van der Waals surface area (Å²) in [5.74, 6) is -0.703. The van der Waals surface area contributed by atoms with E-state index in [2.05, 4.69) is 15.6 Å². The number of carbonyl (C=O) groups is 2. The van der Waals surface area contributed by atoms with E-state index in [-0.39, 0.29) is 18.9 Å². The summed E-state index contributed by atoms with van der Waals surface area (Å²) >= 11 is 0. The molecule has 0 fully saturated rings. The van der Waals surface area contributed by atoms with Crippen molar-refractivity contribution in [2.24, 2.45) is 11.7 Å². The van der Waals surface area contributed by atoms with Crippen molar-refractivity contribution in [2.45, 2.75) is 63.6 Å². The zero-order chi connectivity index (χ0) is 29.1. The lowest BCUT2D eigenvalue weighted by atomic mass is 9.91. The van der Waals surface area contributed by atoms with Gasteiger partial charge in [-0.15, -0.1) is 0 Å². The molecule has 0 aliphatic rings. The second-order valence-electron chi connectivity index (χ2n) is 10.5. The van der Waals surface area contributed by atoms with Crippen LogP contribution >= 0.6 is 0 Å². The lowest BCUT2D eigenvalue weighted by Crippen LogP contribution is -2.59. The highest BCUT2D eigenvalue weighted by atomic mass is 16.3. The fourth-order valence-corrected chi connectivity index (χ4v) is 4.48. The Kier molecular flexibility index (Phi) is 11.6. The molecule has 3 rings (SSSR count). The van der Waals surface area contributed by atoms with E-state index in [1.54, 1.807) is 19.3 Å². The summed E-state index contributed by atoms with van der Waals surface area (Å²) in [5, 5.41) is 27.9. The molecule has 0 aliphatic carbocycles. The maximum Gasteiger partial charge on any atom is 0.318 e. The molecule has 9 nitrogen and oxygen atoms in total. The van der Waals surface area contributed by atoms with Gasteiger partial charge in [-0.25, -0.2) is 4.79 Å². The zero-order valence-electron chi connectivity index (χ0n) is 23.4. The quantitative estimate of drug-likeness (QED) is 0.222. The van der Waals surface area contributed by atoms with Crippen molar-refractivity contribution >= 4 is 11.9 Å². The highest BCUT2D eigenvalue weighted by molar-refractivity contribution is 5.87. The molecule has 2 aromatic carbocycles. The molecule has 0 bridgehead atoms. The van der Waals surface area contributed by atoms with Crippen LogP contribution in [0.2, 0.25) is 0 Å². The monoisotopic (exact) mass is 547 g/mol. The number of aliphatic hydroxyl groups is 2. The minimum absolute atomic E-state index is 0.244. The summed E-state index contributed by atoms with van der Waals surface area (Å²) in [6, 6.07) is 21.4. The van der Waals surface area contributed by atoms with Gasteiger partial charge in [0, 0.05) is 19.3 Å². The summed E-state index contributed by atoms with van der Waals surface area (Å²) < 4.78 is 0. The molecule has 0 unspecified atom stereocenters. The van der Waals surface area contributed by atoms with Gasteiger partial charge in [-0.1, -0.05) is 80.6 Å². The molecule has 0 radical (unpaired) electrons. The Labute approximate surface area is 236 Å². The number of carbonyl (C=O) groups excluding carboxylic acids is 2. The van der Waals surface area contributed by atoms with E-state index in [9.17, 15) is 19.8 Å². The Bertz CT molecular complexity index is 1180. The summed E-state index contributed by atoms with van der Waals surface area (Å²) in [4.78, 5) is 32.2. The van der Waals surface area contributed by atoms with Crippen LogP contribution in [0.4, 0.5) is 4.79 Å². The number of aromatic nitrogens is 1. The van der Waals surface area contributed by atoms with Gasteiger partial charge in [0.1, 0.15) is 12.1 Å². The maximum absolute atomic E-state index is 13.5. The SMILES string of the molecule is CC(C)[C@H](NC(=O)N(C)Cc1ccccn1)C(=O)N[C@@H](Cc1ccccc1)[C@H](O)[C@H](O)[C@@H](N)Cc1ccccc1. The van der Waals surface area contributed by atoms with Crippen LogP contribution in [0, 0.1) is 5.92 Å². The Morgan fingerprint density at radius 3 is 1.98 bits per heavy atom. The molecule has 3 aromatic rings. The molecule has 214 valence electrons. The summed E-state index contributed by atoms with van der Waals surface area (Å²) in [7, 11) is 1.63. The smallest absolute Gasteiger partial charge is 0.318 e. The average molecular weight is 548 g/mol. The summed E-state index contributed by atoms with van der Waals surface area (Å²) in [5.41, 5.74) is 8.82. The van der Waals surface area contributed by atoms with Crippen molar-refractivity contribution in [3.8, 4) is 0 Å². The first-order valence-corrected chi connectivity index (χ1v) is 13.6. The summed E-state index contributed by atoms with van der Waals surface area (Å²) in [6.07, 6.45) is -0.368. The average Bonchev–Trinajstić information content (AvgIpc) is 2.95. The second-order valence-corrected chi connectivity index (χ2v) is 10.5. The molecule has 9 heteroatoms. The van der Waals surface area contributed by atoms with Crippen LogP contribution in [0.5, 0.6) is 0 Å². The van der Waals surface area contributed by atoms with Gasteiger partial charge in [0.15, 0.2) is 0 Å². The largest absolute Gasteiger partial charge is 0.389 e. The van der Waals surface area contributed by atoms with E-state index in [0.717, 1.165) is 16.8 Å². The lowest BCUT2D eigenvalue weighted by Gasteiger charge is -2.33. The van der Waals surface area contributed by atoms with Crippen LogP contribution in [0.1, 0.15) is 30.7 Å². The van der Waals surface area contributed by atoms with E-state index in [1.807, 2.05) is 86.6 Å². The predicted molar refractivity (Wildman–Crippen MR) is 155 cm³/mol. The summed E-state index contributed by atoms with van der Waals surface area (Å²) in [6.45, 7) is 3.94. The molecule has 0 aliphatic heterocycles. The molecular formula is C31H41N5O4. The van der Waals surface area contributed by atoms with Gasteiger partial charge in [-0.05, 0) is 42.0 Å². The number of nitrogens with two attached hydrogens (primary N) is 1. The van der Waals surface area contributed by atoms with Crippen LogP contribution in [-0.4, -0.2) is 69.4 Å². The van der Waals surface area contributed by atoms with E-state index in [4.69, 9.17) is 5.73 Å². The van der Waals surface area contributed by atoms with Gasteiger partial charge in [0.25, 0.3) is 0 Å². The van der Waals surface area contributed by atoms with Crippen LogP contribution in [-0.2, 0) is 24.2 Å². The minimum atomic E-state index is -1.35. The number of nitrogens with one attached hydrogen (secondary N) is 2. The number of amides is 3. The second kappa shape index (κ2) is 15.1. The Balaban J connectivity index is 1.72. The van der Waals surface area contributed by atoms with Gasteiger partial charge in [0.2, 0.25) is 5.91 Å². The molecule has 40 heavy (non-hydrogen) atoms. The molecule has 6 N–H and O–H groups in total. The molecule has 0 spiro atoms. The maximum atomic E-state index is 13.5. The van der Waals surface area contributed by atoms with Gasteiger partial charge >= 0.3 is 6.03 Å². The number of hydrogen-bond acceptors (Lipinski definition) is 6. The molecule has 0 saturated heterocycles. The van der Waals surface area contributed by atoms with E-state index in [0.29, 0.717) is 6.42 Å². The van der Waals surface area contributed by atoms with Crippen molar-refractivity contribution in [1.82, 2.24) is 20.5 Å². The molecule has 3 amide bonds. The first-order chi connectivity index (χ1) is 19.2. The van der Waals surface area contributed by atoms with Crippen LogP contribution in [0.25, 0.3) is 0 Å². The van der Waals surface area contributed by atoms with E-state index in [1.165, 1.54) is 4.90 Å². The van der Waals surface area contributed by atoms with Crippen molar-refractivity contribution in [3.63, 3.8) is 0 Å². The highest BCUT2D eigenvalue weighted by Gasteiger charge is 2.34. The minimum Gasteiger partial charge on any atom is -0.389 e. The number of benzene rings is 2. The highest BCUT2D eigenvalue weighted by Crippen LogP contribution is 2.15. The number of pyridine rings is 1. The topological polar surface area (TPSA) is 141 Å². The Hall–Kier alpha value is -3.79. The van der Waals surface area contributed by atoms with Crippen LogP contribution in [0.15, 0.2) is 85.1 Å². The fourth-order valence-electron chi connectivity index (χ4n) is 4.48. The van der Waals surface area contributed by atoms with Crippen LogP contribution < -0.4 is 16.4 Å².